The van der Waals surface area contributed by atoms with E-state index in [2.05, 4.69) is 0 Å². The average Bonchev–Trinajstić information content (AvgIpc) is 2.34. The maximum Gasteiger partial charge on any atom is 0.349 e. The molecule has 1 unspecified atom stereocenters. The third-order valence-electron chi connectivity index (χ3n) is 3.63. The lowest BCUT2D eigenvalue weighted by Crippen LogP contribution is -2.45. The van der Waals surface area contributed by atoms with Crippen molar-refractivity contribution in [2.24, 2.45) is 0 Å². The van der Waals surface area contributed by atoms with Gasteiger partial charge in [-0.25, -0.2) is 4.79 Å². The largest absolute Gasteiger partial charge is 0.507 e. The van der Waals surface area contributed by atoms with Crippen LogP contribution >= 0.6 is 0 Å². The molecule has 0 radical (unpaired) electrons. The molecule has 1 aromatic rings. The maximum absolute atomic E-state index is 11.7. The van der Waals surface area contributed by atoms with Crippen LogP contribution < -0.4 is 4.74 Å². The molecular formula is C14H18O4. The number of ether oxygens (including phenoxy) is 2. The topological polar surface area (TPSA) is 55.8 Å². The number of fused-ring (bicyclic) bond motifs is 1. The lowest BCUT2D eigenvalue weighted by atomic mass is 9.89. The van der Waals surface area contributed by atoms with Crippen molar-refractivity contribution in [3.8, 4) is 11.5 Å². The third kappa shape index (κ3) is 1.82. The van der Waals surface area contributed by atoms with Gasteiger partial charge in [-0.2, -0.15) is 0 Å². The number of rotatable bonds is 1. The van der Waals surface area contributed by atoms with Gasteiger partial charge in [0.1, 0.15) is 11.5 Å². The van der Waals surface area contributed by atoms with Gasteiger partial charge in [-0.15, -0.1) is 0 Å². The first-order valence-electron chi connectivity index (χ1n) is 5.98. The summed E-state index contributed by atoms with van der Waals surface area (Å²) in [5.74, 6) is 0.609. The molecule has 0 saturated carbocycles. The number of carbonyl (C=O) groups is 1. The van der Waals surface area contributed by atoms with E-state index in [1.54, 1.807) is 13.0 Å². The monoisotopic (exact) mass is 250 g/mol. The second-order valence-corrected chi connectivity index (χ2v) is 4.97. The Bertz CT molecular complexity index is 507. The Morgan fingerprint density at radius 2 is 2.17 bits per heavy atom. The van der Waals surface area contributed by atoms with Crippen molar-refractivity contribution in [3.63, 3.8) is 0 Å². The van der Waals surface area contributed by atoms with E-state index < -0.39 is 5.60 Å². The summed E-state index contributed by atoms with van der Waals surface area (Å²) in [4.78, 5) is 11.7. The molecule has 1 aliphatic heterocycles. The predicted molar refractivity (Wildman–Crippen MR) is 67.0 cm³/mol. The number of methoxy groups -OCH3 is 1. The zero-order valence-electron chi connectivity index (χ0n) is 11.2. The van der Waals surface area contributed by atoms with E-state index in [1.807, 2.05) is 13.8 Å². The van der Waals surface area contributed by atoms with E-state index in [0.717, 1.165) is 16.7 Å². The minimum Gasteiger partial charge on any atom is -0.507 e. The number of phenols is 1. The van der Waals surface area contributed by atoms with Crippen LogP contribution in [0.15, 0.2) is 6.07 Å². The first-order valence-corrected chi connectivity index (χ1v) is 5.98. The molecule has 18 heavy (non-hydrogen) atoms. The van der Waals surface area contributed by atoms with Crippen LogP contribution in [0, 0.1) is 13.8 Å². The molecule has 4 nitrogen and oxygen atoms in total. The third-order valence-corrected chi connectivity index (χ3v) is 3.63. The Hall–Kier alpha value is -1.71. The minimum absolute atomic E-state index is 0.305. The van der Waals surface area contributed by atoms with E-state index >= 15 is 0 Å². The van der Waals surface area contributed by atoms with Crippen LogP contribution in [0.4, 0.5) is 0 Å². The predicted octanol–water partition coefficient (Wildman–Crippen LogP) is 2.27. The first-order chi connectivity index (χ1) is 8.39. The van der Waals surface area contributed by atoms with Gasteiger partial charge < -0.3 is 14.6 Å². The van der Waals surface area contributed by atoms with Gasteiger partial charge in [0.25, 0.3) is 0 Å². The van der Waals surface area contributed by atoms with Crippen molar-refractivity contribution < 1.29 is 19.4 Å². The SMILES string of the molecule is COC(=O)C1(C)CCc2c(cc(C)c(O)c2C)O1. The molecule has 0 aliphatic carbocycles. The van der Waals surface area contributed by atoms with E-state index in [9.17, 15) is 9.90 Å². The number of hydrogen-bond donors (Lipinski definition) is 1. The highest BCUT2D eigenvalue weighted by Gasteiger charge is 2.40. The number of carbonyl (C=O) groups excluding carboxylic acids is 1. The maximum atomic E-state index is 11.7. The Balaban J connectivity index is 2.45. The molecule has 0 bridgehead atoms. The zero-order valence-corrected chi connectivity index (χ0v) is 11.2. The van der Waals surface area contributed by atoms with Crippen molar-refractivity contribution in [2.75, 3.05) is 7.11 Å². The fraction of sp³-hybridized carbons (Fsp3) is 0.500. The fourth-order valence-corrected chi connectivity index (χ4v) is 2.39. The molecule has 1 atom stereocenters. The molecule has 2 rings (SSSR count). The van der Waals surface area contributed by atoms with E-state index in [0.29, 0.717) is 24.3 Å². The van der Waals surface area contributed by atoms with Crippen LogP contribution in [0.1, 0.15) is 30.0 Å². The van der Waals surface area contributed by atoms with Gasteiger partial charge >= 0.3 is 5.97 Å². The molecule has 0 saturated heterocycles. The summed E-state index contributed by atoms with van der Waals surface area (Å²) in [5, 5.41) is 9.90. The quantitative estimate of drug-likeness (QED) is 0.777. The normalized spacial score (nSPS) is 22.0. The highest BCUT2D eigenvalue weighted by Crippen LogP contribution is 2.40. The standard InChI is InChI=1S/C14H18O4/c1-8-7-11-10(9(2)12(8)15)5-6-14(3,18-11)13(16)17-4/h7,15H,5-6H2,1-4H3. The van der Waals surface area contributed by atoms with Gasteiger partial charge in [0.15, 0.2) is 0 Å². The second kappa shape index (κ2) is 4.19. The van der Waals surface area contributed by atoms with Gasteiger partial charge in [0.2, 0.25) is 5.60 Å². The highest BCUT2D eigenvalue weighted by atomic mass is 16.6. The van der Waals surface area contributed by atoms with Crippen molar-refractivity contribution in [1.29, 1.82) is 0 Å². The number of hydrogen-bond acceptors (Lipinski definition) is 4. The van der Waals surface area contributed by atoms with Crippen LogP contribution in [0.3, 0.4) is 0 Å². The van der Waals surface area contributed by atoms with Crippen LogP contribution in [-0.2, 0) is 16.0 Å². The van der Waals surface area contributed by atoms with Gasteiger partial charge in [-0.1, -0.05) is 0 Å². The average molecular weight is 250 g/mol. The molecule has 1 aromatic carbocycles. The smallest absolute Gasteiger partial charge is 0.349 e. The lowest BCUT2D eigenvalue weighted by molar-refractivity contribution is -0.159. The summed E-state index contributed by atoms with van der Waals surface area (Å²) in [6.45, 7) is 5.42. The Morgan fingerprint density at radius 1 is 1.50 bits per heavy atom. The number of benzene rings is 1. The molecule has 4 heteroatoms. The second-order valence-electron chi connectivity index (χ2n) is 4.97. The summed E-state index contributed by atoms with van der Waals surface area (Å²) in [7, 11) is 1.36. The van der Waals surface area contributed by atoms with Crippen LogP contribution in [0.5, 0.6) is 11.5 Å². The molecule has 0 amide bonds. The molecular weight excluding hydrogens is 232 g/mol. The summed E-state index contributed by atoms with van der Waals surface area (Å²) in [6, 6.07) is 1.78. The fourth-order valence-electron chi connectivity index (χ4n) is 2.39. The van der Waals surface area contributed by atoms with E-state index in [-0.39, 0.29) is 5.97 Å². The van der Waals surface area contributed by atoms with Crippen molar-refractivity contribution in [1.82, 2.24) is 0 Å². The van der Waals surface area contributed by atoms with Gasteiger partial charge in [-0.05, 0) is 44.4 Å². The van der Waals surface area contributed by atoms with E-state index in [1.165, 1.54) is 7.11 Å². The van der Waals surface area contributed by atoms with Gasteiger partial charge in [0, 0.05) is 12.0 Å². The van der Waals surface area contributed by atoms with Gasteiger partial charge in [0.05, 0.1) is 7.11 Å². The van der Waals surface area contributed by atoms with Crippen molar-refractivity contribution in [2.45, 2.75) is 39.2 Å². The molecule has 0 aromatic heterocycles. The van der Waals surface area contributed by atoms with Gasteiger partial charge in [-0.3, -0.25) is 0 Å². The first kappa shape index (κ1) is 12.7. The Morgan fingerprint density at radius 3 is 2.78 bits per heavy atom. The Kier molecular flexibility index (Phi) is 2.97. The van der Waals surface area contributed by atoms with Crippen molar-refractivity contribution >= 4 is 5.97 Å². The van der Waals surface area contributed by atoms with Crippen LogP contribution in [0.2, 0.25) is 0 Å². The van der Waals surface area contributed by atoms with Crippen LogP contribution in [0.25, 0.3) is 0 Å². The summed E-state index contributed by atoms with van der Waals surface area (Å²) < 4.78 is 10.6. The number of phenolic OH excluding ortho intramolecular Hbond substituents is 1. The minimum atomic E-state index is -0.933. The molecule has 1 heterocycles. The number of aryl methyl sites for hydroxylation is 1. The van der Waals surface area contributed by atoms with Crippen LogP contribution in [-0.4, -0.2) is 23.8 Å². The molecule has 98 valence electrons. The summed E-state index contributed by atoms with van der Waals surface area (Å²) >= 11 is 0. The number of esters is 1. The zero-order chi connectivity index (χ0) is 13.5. The Labute approximate surface area is 107 Å². The summed E-state index contributed by atoms with van der Waals surface area (Å²) in [5.41, 5.74) is 1.62. The van der Waals surface area contributed by atoms with Crippen molar-refractivity contribution in [3.05, 3.63) is 22.8 Å². The highest BCUT2D eigenvalue weighted by molar-refractivity contribution is 5.80. The number of aromatic hydroxyl groups is 1. The van der Waals surface area contributed by atoms with E-state index in [4.69, 9.17) is 9.47 Å². The summed E-state index contributed by atoms with van der Waals surface area (Å²) in [6.07, 6.45) is 1.25. The molecule has 1 N–H and O–H groups in total. The molecule has 1 aliphatic rings. The molecule has 0 spiro atoms. The lowest BCUT2D eigenvalue weighted by Gasteiger charge is -2.34. The molecule has 0 fully saturated rings.